The van der Waals surface area contributed by atoms with Crippen LogP contribution in [0.3, 0.4) is 0 Å². The van der Waals surface area contributed by atoms with E-state index in [0.29, 0.717) is 17.3 Å². The summed E-state index contributed by atoms with van der Waals surface area (Å²) in [4.78, 5) is 9.30. The third-order valence-corrected chi connectivity index (χ3v) is 4.22. The van der Waals surface area contributed by atoms with Crippen molar-refractivity contribution in [3.05, 3.63) is 41.2 Å². The van der Waals surface area contributed by atoms with Crippen molar-refractivity contribution in [3.8, 4) is 17.1 Å². The lowest BCUT2D eigenvalue weighted by atomic mass is 9.88. The van der Waals surface area contributed by atoms with E-state index < -0.39 is 0 Å². The lowest BCUT2D eigenvalue weighted by Gasteiger charge is -2.25. The van der Waals surface area contributed by atoms with Gasteiger partial charge in [0.15, 0.2) is 5.82 Å². The molecule has 0 atom stereocenters. The number of aromatic nitrogens is 2. The normalized spacial score (nSPS) is 16.1. The molecule has 3 rings (SSSR count). The molecule has 2 heterocycles. The van der Waals surface area contributed by atoms with E-state index in [9.17, 15) is 5.11 Å². The highest BCUT2D eigenvalue weighted by Crippen LogP contribution is 2.32. The highest BCUT2D eigenvalue weighted by Gasteiger charge is 2.21. The van der Waals surface area contributed by atoms with Gasteiger partial charge in [0.05, 0.1) is 5.56 Å². The lowest BCUT2D eigenvalue weighted by Crippen LogP contribution is -2.27. The number of rotatable bonds is 2. The zero-order valence-electron chi connectivity index (χ0n) is 12.6. The molecule has 1 aliphatic heterocycles. The first-order valence-electron chi connectivity index (χ1n) is 7.51. The van der Waals surface area contributed by atoms with Crippen molar-refractivity contribution in [2.75, 3.05) is 13.1 Å². The number of nitrogens with zero attached hydrogens (tertiary/aromatic N) is 2. The Kier molecular flexibility index (Phi) is 3.88. The maximum Gasteiger partial charge on any atom is 0.163 e. The third kappa shape index (κ3) is 2.76. The molecule has 1 saturated heterocycles. The minimum Gasteiger partial charge on any atom is -0.507 e. The zero-order valence-corrected chi connectivity index (χ0v) is 12.6. The zero-order chi connectivity index (χ0) is 14.8. The summed E-state index contributed by atoms with van der Waals surface area (Å²) in [6.45, 7) is 6.22. The molecule has 0 amide bonds. The predicted molar refractivity (Wildman–Crippen MR) is 83.5 cm³/mol. The van der Waals surface area contributed by atoms with Gasteiger partial charge in [0.1, 0.15) is 5.75 Å². The van der Waals surface area contributed by atoms with Crippen molar-refractivity contribution >= 4 is 0 Å². The number of hydrogen-bond donors (Lipinski definition) is 2. The van der Waals surface area contributed by atoms with Gasteiger partial charge in [0.2, 0.25) is 0 Å². The smallest absolute Gasteiger partial charge is 0.163 e. The van der Waals surface area contributed by atoms with Gasteiger partial charge in [-0.15, -0.1) is 0 Å². The molecule has 0 unspecified atom stereocenters. The van der Waals surface area contributed by atoms with Crippen LogP contribution < -0.4 is 5.32 Å². The van der Waals surface area contributed by atoms with E-state index >= 15 is 0 Å². The first-order chi connectivity index (χ1) is 10.2. The SMILES string of the molecule is Cc1nc(-c2ccccc2O)nc(C)c1C1CCNCC1. The molecule has 4 nitrogen and oxygen atoms in total. The van der Waals surface area contributed by atoms with Crippen LogP contribution in [0.1, 0.15) is 35.7 Å². The van der Waals surface area contributed by atoms with Gasteiger partial charge in [-0.25, -0.2) is 9.97 Å². The molecule has 0 bridgehead atoms. The van der Waals surface area contributed by atoms with E-state index in [0.717, 1.165) is 37.3 Å². The van der Waals surface area contributed by atoms with Crippen LogP contribution in [-0.4, -0.2) is 28.2 Å². The second-order valence-corrected chi connectivity index (χ2v) is 5.67. The average molecular weight is 283 g/mol. The van der Waals surface area contributed by atoms with E-state index in [1.54, 1.807) is 6.07 Å². The molecule has 1 aliphatic rings. The number of benzene rings is 1. The molecule has 0 saturated carbocycles. The Balaban J connectivity index is 2.02. The second kappa shape index (κ2) is 5.82. The van der Waals surface area contributed by atoms with Gasteiger partial charge in [0, 0.05) is 11.4 Å². The molecular weight excluding hydrogens is 262 g/mol. The van der Waals surface area contributed by atoms with Crippen LogP contribution >= 0.6 is 0 Å². The quantitative estimate of drug-likeness (QED) is 0.889. The molecule has 2 aromatic rings. The highest BCUT2D eigenvalue weighted by molar-refractivity contribution is 5.63. The van der Waals surface area contributed by atoms with Crippen LogP contribution in [0.15, 0.2) is 24.3 Å². The van der Waals surface area contributed by atoms with Gasteiger partial charge in [0.25, 0.3) is 0 Å². The first-order valence-corrected chi connectivity index (χ1v) is 7.51. The molecule has 4 heteroatoms. The highest BCUT2D eigenvalue weighted by atomic mass is 16.3. The minimum absolute atomic E-state index is 0.228. The van der Waals surface area contributed by atoms with Gasteiger partial charge in [-0.05, 0) is 63.4 Å². The number of aryl methyl sites for hydroxylation is 2. The fourth-order valence-corrected chi connectivity index (χ4v) is 3.21. The van der Waals surface area contributed by atoms with Gasteiger partial charge in [-0.2, -0.15) is 0 Å². The number of aromatic hydroxyl groups is 1. The number of para-hydroxylation sites is 1. The maximum absolute atomic E-state index is 9.98. The lowest BCUT2D eigenvalue weighted by molar-refractivity contribution is 0.455. The topological polar surface area (TPSA) is 58.0 Å². The van der Waals surface area contributed by atoms with Crippen molar-refractivity contribution in [1.29, 1.82) is 0 Å². The minimum atomic E-state index is 0.228. The molecule has 0 radical (unpaired) electrons. The predicted octanol–water partition coefficient (Wildman–Crippen LogP) is 2.93. The molecule has 21 heavy (non-hydrogen) atoms. The number of phenols is 1. The average Bonchev–Trinajstić information content (AvgIpc) is 2.48. The van der Waals surface area contributed by atoms with Crippen LogP contribution in [-0.2, 0) is 0 Å². The summed E-state index contributed by atoms with van der Waals surface area (Å²) in [5.41, 5.74) is 4.05. The van der Waals surface area contributed by atoms with E-state index in [1.807, 2.05) is 18.2 Å². The van der Waals surface area contributed by atoms with E-state index in [1.165, 1.54) is 5.56 Å². The Morgan fingerprint density at radius 1 is 1.05 bits per heavy atom. The van der Waals surface area contributed by atoms with Crippen LogP contribution in [0.2, 0.25) is 0 Å². The van der Waals surface area contributed by atoms with E-state index in [2.05, 4.69) is 29.1 Å². The summed E-state index contributed by atoms with van der Waals surface area (Å²) in [7, 11) is 0. The molecule has 110 valence electrons. The Labute approximate surface area is 125 Å². The number of nitrogens with one attached hydrogen (secondary N) is 1. The molecule has 2 N–H and O–H groups in total. The van der Waals surface area contributed by atoms with Crippen molar-refractivity contribution in [1.82, 2.24) is 15.3 Å². The summed E-state index contributed by atoms with van der Waals surface area (Å²) in [6.07, 6.45) is 2.28. The van der Waals surface area contributed by atoms with Crippen molar-refractivity contribution in [2.24, 2.45) is 0 Å². The van der Waals surface area contributed by atoms with Gasteiger partial charge in [-0.3, -0.25) is 0 Å². The molecule has 1 aromatic heterocycles. The Hall–Kier alpha value is -1.94. The third-order valence-electron chi connectivity index (χ3n) is 4.22. The molecular formula is C17H21N3O. The summed E-state index contributed by atoms with van der Waals surface area (Å²) in [5.74, 6) is 1.39. The number of piperidine rings is 1. The van der Waals surface area contributed by atoms with Crippen molar-refractivity contribution in [3.63, 3.8) is 0 Å². The summed E-state index contributed by atoms with van der Waals surface area (Å²) >= 11 is 0. The van der Waals surface area contributed by atoms with Crippen LogP contribution in [0.25, 0.3) is 11.4 Å². The van der Waals surface area contributed by atoms with Crippen LogP contribution in [0.4, 0.5) is 0 Å². The van der Waals surface area contributed by atoms with Crippen LogP contribution in [0, 0.1) is 13.8 Å². The second-order valence-electron chi connectivity index (χ2n) is 5.67. The molecule has 1 fully saturated rings. The summed E-state index contributed by atoms with van der Waals surface area (Å²) in [5, 5.41) is 13.4. The Morgan fingerprint density at radius 2 is 1.67 bits per heavy atom. The Bertz CT molecular complexity index is 625. The largest absolute Gasteiger partial charge is 0.507 e. The fourth-order valence-electron chi connectivity index (χ4n) is 3.21. The van der Waals surface area contributed by atoms with Gasteiger partial charge < -0.3 is 10.4 Å². The standard InChI is InChI=1S/C17H21N3O/c1-11-16(13-7-9-18-10-8-13)12(2)20-17(19-11)14-5-3-4-6-15(14)21/h3-6,13,18,21H,7-10H2,1-2H3. The van der Waals surface area contributed by atoms with E-state index in [4.69, 9.17) is 0 Å². The molecule has 0 aliphatic carbocycles. The van der Waals surface area contributed by atoms with Crippen molar-refractivity contribution in [2.45, 2.75) is 32.6 Å². The Morgan fingerprint density at radius 3 is 2.29 bits per heavy atom. The van der Waals surface area contributed by atoms with E-state index in [-0.39, 0.29) is 5.75 Å². The first kappa shape index (κ1) is 14.0. The number of phenolic OH excluding ortho intramolecular Hbond substituents is 1. The maximum atomic E-state index is 9.98. The number of hydrogen-bond acceptors (Lipinski definition) is 4. The summed E-state index contributed by atoms with van der Waals surface area (Å²) in [6, 6.07) is 7.23. The van der Waals surface area contributed by atoms with Crippen molar-refractivity contribution < 1.29 is 5.11 Å². The van der Waals surface area contributed by atoms with Gasteiger partial charge in [-0.1, -0.05) is 12.1 Å². The van der Waals surface area contributed by atoms with Gasteiger partial charge >= 0.3 is 0 Å². The molecule has 1 aromatic carbocycles. The van der Waals surface area contributed by atoms with Crippen LogP contribution in [0.5, 0.6) is 5.75 Å². The molecule has 0 spiro atoms. The summed E-state index contributed by atoms with van der Waals surface area (Å²) < 4.78 is 0. The fraction of sp³-hybridized carbons (Fsp3) is 0.412. The monoisotopic (exact) mass is 283 g/mol.